The van der Waals surface area contributed by atoms with Crippen molar-refractivity contribution in [1.82, 2.24) is 0 Å². The zero-order valence-corrected chi connectivity index (χ0v) is 22.9. The normalized spacial score (nSPS) is 12.6. The molecule has 0 radical (unpaired) electrons. The number of hydrogen-bond acceptors (Lipinski definition) is 7. The molecule has 0 atom stereocenters. The van der Waals surface area contributed by atoms with Gasteiger partial charge in [0.2, 0.25) is 0 Å². The maximum atomic E-state index is 6.07. The van der Waals surface area contributed by atoms with E-state index in [-0.39, 0.29) is 5.04 Å². The Labute approximate surface area is 198 Å². The maximum absolute atomic E-state index is 6.07. The van der Waals surface area contributed by atoms with Crippen molar-refractivity contribution in [3.8, 4) is 0 Å². The first-order valence-electron chi connectivity index (χ1n) is 12.4. The lowest BCUT2D eigenvalue weighted by Crippen LogP contribution is -2.41. The van der Waals surface area contributed by atoms with Crippen molar-refractivity contribution in [3.63, 3.8) is 0 Å². The summed E-state index contributed by atoms with van der Waals surface area (Å²) in [7, 11) is -1.67. The standard InChI is InChI=1S/C24H52O7Si/c1-7-8-9-10-11-25-12-13-26-14-15-27-16-17-28-18-19-29-20-21-30-22-23-31-32(5,6)24(2,3)4/h7-23H2,1-6H3. The van der Waals surface area contributed by atoms with Crippen LogP contribution >= 0.6 is 0 Å². The zero-order chi connectivity index (χ0) is 24.0. The highest BCUT2D eigenvalue weighted by Gasteiger charge is 2.36. The molecule has 0 spiro atoms. The topological polar surface area (TPSA) is 64.6 Å². The SMILES string of the molecule is CCCCCCOCCOCCOCCOCCOCCOCCO[Si](C)(C)C(C)(C)C. The van der Waals surface area contributed by atoms with Crippen LogP contribution in [0.3, 0.4) is 0 Å². The highest BCUT2D eigenvalue weighted by atomic mass is 28.4. The van der Waals surface area contributed by atoms with Crippen LogP contribution in [0.5, 0.6) is 0 Å². The van der Waals surface area contributed by atoms with Crippen molar-refractivity contribution in [2.45, 2.75) is 71.5 Å². The van der Waals surface area contributed by atoms with Gasteiger partial charge in [-0.3, -0.25) is 0 Å². The molecule has 8 heteroatoms. The predicted molar refractivity (Wildman–Crippen MR) is 132 cm³/mol. The number of rotatable bonds is 24. The van der Waals surface area contributed by atoms with Crippen LogP contribution in [0.1, 0.15) is 53.4 Å². The molecule has 0 saturated heterocycles. The second-order valence-electron chi connectivity index (χ2n) is 9.34. The van der Waals surface area contributed by atoms with Gasteiger partial charge in [-0.2, -0.15) is 0 Å². The molecule has 0 bridgehead atoms. The quantitative estimate of drug-likeness (QED) is 0.147. The van der Waals surface area contributed by atoms with Crippen LogP contribution in [0.4, 0.5) is 0 Å². The lowest BCUT2D eigenvalue weighted by atomic mass is 10.2. The van der Waals surface area contributed by atoms with Gasteiger partial charge in [-0.1, -0.05) is 47.0 Å². The van der Waals surface area contributed by atoms with E-state index in [0.29, 0.717) is 79.3 Å². The van der Waals surface area contributed by atoms with Gasteiger partial charge >= 0.3 is 0 Å². The highest BCUT2D eigenvalue weighted by Crippen LogP contribution is 2.36. The third-order valence-electron chi connectivity index (χ3n) is 5.50. The number of ether oxygens (including phenoxy) is 6. The van der Waals surface area contributed by atoms with Gasteiger partial charge < -0.3 is 32.8 Å². The minimum atomic E-state index is -1.67. The van der Waals surface area contributed by atoms with Crippen molar-refractivity contribution >= 4 is 8.32 Å². The molecule has 0 aliphatic heterocycles. The summed E-state index contributed by atoms with van der Waals surface area (Å²) in [5.74, 6) is 0. The van der Waals surface area contributed by atoms with Gasteiger partial charge in [0.15, 0.2) is 8.32 Å². The fraction of sp³-hybridized carbons (Fsp3) is 1.00. The van der Waals surface area contributed by atoms with E-state index >= 15 is 0 Å². The second-order valence-corrected chi connectivity index (χ2v) is 14.2. The van der Waals surface area contributed by atoms with Crippen molar-refractivity contribution in [2.75, 3.05) is 85.9 Å². The third-order valence-corrected chi connectivity index (χ3v) is 10.0. The number of hydrogen-bond donors (Lipinski definition) is 0. The van der Waals surface area contributed by atoms with E-state index in [9.17, 15) is 0 Å². The van der Waals surface area contributed by atoms with Gasteiger partial charge in [0, 0.05) is 6.61 Å². The monoisotopic (exact) mass is 480 g/mol. The van der Waals surface area contributed by atoms with Gasteiger partial charge in [0.1, 0.15) is 0 Å². The number of unbranched alkanes of at least 4 members (excludes halogenated alkanes) is 3. The summed E-state index contributed by atoms with van der Waals surface area (Å²) < 4.78 is 39.1. The van der Waals surface area contributed by atoms with Crippen molar-refractivity contribution in [3.05, 3.63) is 0 Å². The molecule has 0 aromatic carbocycles. The van der Waals surface area contributed by atoms with E-state index in [1.54, 1.807) is 0 Å². The van der Waals surface area contributed by atoms with Crippen LogP contribution in [0.15, 0.2) is 0 Å². The molecule has 0 aromatic heterocycles. The molecule has 7 nitrogen and oxygen atoms in total. The molecule has 32 heavy (non-hydrogen) atoms. The summed E-state index contributed by atoms with van der Waals surface area (Å²) in [5.41, 5.74) is 0. The van der Waals surface area contributed by atoms with Gasteiger partial charge in [0.25, 0.3) is 0 Å². The van der Waals surface area contributed by atoms with Gasteiger partial charge in [0.05, 0.1) is 79.3 Å². The van der Waals surface area contributed by atoms with Crippen LogP contribution in [-0.4, -0.2) is 94.2 Å². The van der Waals surface area contributed by atoms with E-state index in [1.165, 1.54) is 19.3 Å². The first kappa shape index (κ1) is 31.9. The van der Waals surface area contributed by atoms with Gasteiger partial charge in [-0.15, -0.1) is 0 Å². The molecule has 194 valence electrons. The Balaban J connectivity index is 3.15. The Kier molecular flexibility index (Phi) is 21.4. The predicted octanol–water partition coefficient (Wildman–Crippen LogP) is 4.69. The summed E-state index contributed by atoms with van der Waals surface area (Å²) in [6.45, 7) is 21.4. The van der Waals surface area contributed by atoms with Crippen LogP contribution in [0.2, 0.25) is 18.1 Å². The first-order chi connectivity index (χ1) is 15.3. The fourth-order valence-electron chi connectivity index (χ4n) is 2.40. The summed E-state index contributed by atoms with van der Waals surface area (Å²) >= 11 is 0. The Morgan fingerprint density at radius 1 is 0.469 bits per heavy atom. The molecule has 0 aliphatic rings. The average Bonchev–Trinajstić information content (AvgIpc) is 2.73. The molecule has 0 N–H and O–H groups in total. The molecule has 0 amide bonds. The molecule has 0 aliphatic carbocycles. The molecular formula is C24H52O7Si. The molecule has 0 heterocycles. The summed E-state index contributed by atoms with van der Waals surface area (Å²) in [5, 5.41) is 0.233. The molecule has 0 fully saturated rings. The van der Waals surface area contributed by atoms with Crippen LogP contribution in [0, 0.1) is 0 Å². The van der Waals surface area contributed by atoms with Gasteiger partial charge in [-0.05, 0) is 24.6 Å². The highest BCUT2D eigenvalue weighted by molar-refractivity contribution is 6.74. The van der Waals surface area contributed by atoms with E-state index in [1.807, 2.05) is 0 Å². The van der Waals surface area contributed by atoms with Crippen molar-refractivity contribution in [1.29, 1.82) is 0 Å². The minimum Gasteiger partial charge on any atom is -0.414 e. The van der Waals surface area contributed by atoms with Crippen LogP contribution in [-0.2, 0) is 32.8 Å². The minimum absolute atomic E-state index is 0.233. The molecule has 0 rings (SSSR count). The average molecular weight is 481 g/mol. The summed E-state index contributed by atoms with van der Waals surface area (Å²) in [6.07, 6.45) is 4.94. The van der Waals surface area contributed by atoms with Crippen molar-refractivity contribution < 1.29 is 32.8 Å². The first-order valence-corrected chi connectivity index (χ1v) is 15.3. The fourth-order valence-corrected chi connectivity index (χ4v) is 3.43. The van der Waals surface area contributed by atoms with E-state index in [2.05, 4.69) is 40.8 Å². The largest absolute Gasteiger partial charge is 0.414 e. The Bertz CT molecular complexity index is 389. The summed E-state index contributed by atoms with van der Waals surface area (Å²) in [6, 6.07) is 0. The lowest BCUT2D eigenvalue weighted by Gasteiger charge is -2.36. The van der Waals surface area contributed by atoms with E-state index in [4.69, 9.17) is 32.8 Å². The van der Waals surface area contributed by atoms with E-state index < -0.39 is 8.32 Å². The smallest absolute Gasteiger partial charge is 0.192 e. The molecule has 0 aromatic rings. The third kappa shape index (κ3) is 20.5. The lowest BCUT2D eigenvalue weighted by molar-refractivity contribution is -0.0180. The Morgan fingerprint density at radius 2 is 0.812 bits per heavy atom. The van der Waals surface area contributed by atoms with Gasteiger partial charge in [-0.25, -0.2) is 0 Å². The molecule has 0 unspecified atom stereocenters. The van der Waals surface area contributed by atoms with Crippen LogP contribution < -0.4 is 0 Å². The maximum Gasteiger partial charge on any atom is 0.192 e. The van der Waals surface area contributed by atoms with E-state index in [0.717, 1.165) is 13.0 Å². The molecular weight excluding hydrogens is 428 g/mol. The Morgan fingerprint density at radius 3 is 1.16 bits per heavy atom. The zero-order valence-electron chi connectivity index (χ0n) is 21.9. The Hall–Kier alpha value is -0.0631. The summed E-state index contributed by atoms with van der Waals surface area (Å²) in [4.78, 5) is 0. The molecule has 0 saturated carbocycles. The van der Waals surface area contributed by atoms with Crippen molar-refractivity contribution in [2.24, 2.45) is 0 Å². The second kappa shape index (κ2) is 21.5. The van der Waals surface area contributed by atoms with Crippen LogP contribution in [0.25, 0.3) is 0 Å².